The van der Waals surface area contributed by atoms with Crippen LogP contribution in [0.3, 0.4) is 0 Å². The lowest BCUT2D eigenvalue weighted by Gasteiger charge is -2.14. The van der Waals surface area contributed by atoms with Crippen LogP contribution in [-0.2, 0) is 9.63 Å². The van der Waals surface area contributed by atoms with E-state index in [4.69, 9.17) is 4.84 Å². The molecule has 0 unspecified atom stereocenters. The molecule has 0 aliphatic carbocycles. The number of hydrogen-bond donors (Lipinski definition) is 1. The summed E-state index contributed by atoms with van der Waals surface area (Å²) in [7, 11) is 0. The molecule has 9 heteroatoms. The summed E-state index contributed by atoms with van der Waals surface area (Å²) in [6.45, 7) is -2.21. The molecule has 0 bridgehead atoms. The molecule has 114 valence electrons. The maximum Gasteiger partial charge on any atom is 0.388 e. The first kappa shape index (κ1) is 15.1. The van der Waals surface area contributed by atoms with Crippen molar-refractivity contribution >= 4 is 11.8 Å². The molecule has 2 amide bonds. The van der Waals surface area contributed by atoms with E-state index >= 15 is 0 Å². The highest BCUT2D eigenvalue weighted by Crippen LogP contribution is 2.10. The van der Waals surface area contributed by atoms with Gasteiger partial charge in [0, 0.05) is 12.3 Å². The normalized spacial score (nSPS) is 14.3. The largest absolute Gasteiger partial charge is 0.417 e. The summed E-state index contributed by atoms with van der Waals surface area (Å²) in [5.74, 6) is -1.19. The maximum atomic E-state index is 11.9. The minimum Gasteiger partial charge on any atom is -0.417 e. The number of alkyl halides is 2. The second-order valence-corrected chi connectivity index (χ2v) is 4.13. The van der Waals surface area contributed by atoms with Crippen LogP contribution in [0.25, 0.3) is 0 Å². The smallest absolute Gasteiger partial charge is 0.388 e. The lowest BCUT2D eigenvalue weighted by Crippen LogP contribution is -2.38. The van der Waals surface area contributed by atoms with Crippen LogP contribution in [0.4, 0.5) is 8.78 Å². The van der Waals surface area contributed by atoms with Crippen LogP contribution in [0, 0.1) is 0 Å². The maximum absolute atomic E-state index is 11.9. The van der Waals surface area contributed by atoms with Crippen molar-refractivity contribution < 1.29 is 27.9 Å². The number of pyridine rings is 1. The highest BCUT2D eigenvalue weighted by Gasteiger charge is 2.19. The molecular weight excluding hydrogens is 288 g/mol. The predicted molar refractivity (Wildman–Crippen MR) is 65.5 cm³/mol. The molecule has 0 radical (unpaired) electrons. The number of carbonyl (C=O) groups is 2. The Labute approximate surface area is 118 Å². The average molecular weight is 301 g/mol. The zero-order valence-corrected chi connectivity index (χ0v) is 10.9. The molecule has 0 spiro atoms. The quantitative estimate of drug-likeness (QED) is 0.860. The number of halogens is 2. The fraction of sp³-hybridized carbons (Fsp3) is 0.417. The van der Waals surface area contributed by atoms with Gasteiger partial charge in [-0.15, -0.1) is 0 Å². The number of amides is 2. The van der Waals surface area contributed by atoms with Crippen molar-refractivity contribution in [2.45, 2.75) is 13.0 Å². The summed E-state index contributed by atoms with van der Waals surface area (Å²) >= 11 is 0. The topological polar surface area (TPSA) is 80.8 Å². The summed E-state index contributed by atoms with van der Waals surface area (Å²) in [6, 6.07) is 2.42. The average Bonchev–Trinajstić information content (AvgIpc) is 2.99. The monoisotopic (exact) mass is 301 g/mol. The first-order chi connectivity index (χ1) is 10.1. The molecule has 0 saturated carbocycles. The van der Waals surface area contributed by atoms with Gasteiger partial charge >= 0.3 is 6.61 Å². The Morgan fingerprint density at radius 1 is 1.48 bits per heavy atom. The van der Waals surface area contributed by atoms with Crippen LogP contribution in [-0.4, -0.2) is 48.2 Å². The molecule has 0 aromatic carbocycles. The van der Waals surface area contributed by atoms with Gasteiger partial charge in [-0.05, 0) is 12.5 Å². The Balaban J connectivity index is 1.83. The third-order valence-corrected chi connectivity index (χ3v) is 2.64. The fourth-order valence-electron chi connectivity index (χ4n) is 1.67. The minimum atomic E-state index is -2.98. The number of aromatic nitrogens is 1. The third kappa shape index (κ3) is 4.35. The molecule has 7 nitrogen and oxygen atoms in total. The van der Waals surface area contributed by atoms with Gasteiger partial charge in [0.15, 0.2) is 0 Å². The van der Waals surface area contributed by atoms with Crippen molar-refractivity contribution in [3.05, 3.63) is 23.9 Å². The number of hydrogen-bond acceptors (Lipinski definition) is 5. The minimum absolute atomic E-state index is 0.131. The van der Waals surface area contributed by atoms with E-state index in [9.17, 15) is 18.4 Å². The third-order valence-electron chi connectivity index (χ3n) is 2.64. The van der Waals surface area contributed by atoms with Gasteiger partial charge in [-0.25, -0.2) is 10.0 Å². The van der Waals surface area contributed by atoms with E-state index in [1.165, 1.54) is 11.1 Å². The molecular formula is C12H13F2N3O4. The van der Waals surface area contributed by atoms with Crippen LogP contribution in [0.5, 0.6) is 5.88 Å². The second kappa shape index (κ2) is 6.93. The molecule has 1 fully saturated rings. The van der Waals surface area contributed by atoms with Crippen LogP contribution < -0.4 is 10.1 Å². The second-order valence-electron chi connectivity index (χ2n) is 4.13. The number of nitrogens with zero attached hydrogens (tertiary/aromatic N) is 2. The van der Waals surface area contributed by atoms with E-state index in [-0.39, 0.29) is 23.9 Å². The van der Waals surface area contributed by atoms with E-state index in [0.29, 0.717) is 13.2 Å². The van der Waals surface area contributed by atoms with Gasteiger partial charge in [-0.1, -0.05) is 0 Å². The molecule has 0 atom stereocenters. The van der Waals surface area contributed by atoms with Gasteiger partial charge in [0.2, 0.25) is 5.88 Å². The van der Waals surface area contributed by atoms with E-state index in [2.05, 4.69) is 15.0 Å². The lowest BCUT2D eigenvalue weighted by molar-refractivity contribution is -0.167. The summed E-state index contributed by atoms with van der Waals surface area (Å²) in [5, 5.41) is 3.59. The Bertz CT molecular complexity index is 504. The van der Waals surface area contributed by atoms with Crippen LogP contribution in [0.2, 0.25) is 0 Å². The van der Waals surface area contributed by atoms with Crippen molar-refractivity contribution in [1.82, 2.24) is 15.4 Å². The van der Waals surface area contributed by atoms with Gasteiger partial charge in [0.1, 0.15) is 0 Å². The number of rotatable bonds is 5. The molecule has 1 aromatic rings. The summed E-state index contributed by atoms with van der Waals surface area (Å²) in [4.78, 5) is 32.0. The molecule has 2 rings (SSSR count). The van der Waals surface area contributed by atoms with Gasteiger partial charge in [0.25, 0.3) is 11.8 Å². The van der Waals surface area contributed by atoms with Gasteiger partial charge < -0.3 is 10.1 Å². The number of carbonyl (C=O) groups excluding carboxylic acids is 2. The molecule has 2 heterocycles. The number of nitrogens with one attached hydrogen (secondary N) is 1. The fourth-order valence-corrected chi connectivity index (χ4v) is 1.67. The molecule has 1 aliphatic heterocycles. The number of hydroxylamine groups is 2. The van der Waals surface area contributed by atoms with E-state index in [1.807, 2.05) is 0 Å². The predicted octanol–water partition coefficient (Wildman–Crippen LogP) is 0.577. The molecule has 1 aliphatic rings. The van der Waals surface area contributed by atoms with Crippen LogP contribution in [0.1, 0.15) is 16.8 Å². The van der Waals surface area contributed by atoms with Crippen LogP contribution in [0.15, 0.2) is 18.3 Å². The zero-order chi connectivity index (χ0) is 15.2. The molecule has 21 heavy (non-hydrogen) atoms. The lowest BCUT2D eigenvalue weighted by atomic mass is 10.2. The molecule has 1 N–H and O–H groups in total. The van der Waals surface area contributed by atoms with E-state index < -0.39 is 12.5 Å². The van der Waals surface area contributed by atoms with Crippen molar-refractivity contribution in [2.24, 2.45) is 0 Å². The SMILES string of the molecule is O=C(NCC(=O)N1CCCO1)c1ccc(OC(F)F)nc1. The highest BCUT2D eigenvalue weighted by molar-refractivity contribution is 5.96. The first-order valence-electron chi connectivity index (χ1n) is 6.18. The van der Waals surface area contributed by atoms with E-state index in [0.717, 1.165) is 18.7 Å². The summed E-state index contributed by atoms with van der Waals surface area (Å²) in [5.41, 5.74) is 0.131. The Morgan fingerprint density at radius 3 is 2.86 bits per heavy atom. The Hall–Kier alpha value is -2.29. The number of ether oxygens (including phenoxy) is 1. The molecule has 1 aromatic heterocycles. The van der Waals surface area contributed by atoms with Crippen molar-refractivity contribution in [2.75, 3.05) is 19.7 Å². The standard InChI is InChI=1S/C12H13F2N3O4/c13-12(14)21-9-3-2-8(6-15-9)11(19)16-7-10(18)17-4-1-5-20-17/h2-3,6,12H,1,4-5,7H2,(H,16,19). The Morgan fingerprint density at radius 2 is 2.29 bits per heavy atom. The van der Waals surface area contributed by atoms with Gasteiger partial charge in [0.05, 0.1) is 25.3 Å². The molecule has 1 saturated heterocycles. The van der Waals surface area contributed by atoms with Crippen molar-refractivity contribution in [3.8, 4) is 5.88 Å². The van der Waals surface area contributed by atoms with Crippen molar-refractivity contribution in [1.29, 1.82) is 0 Å². The first-order valence-corrected chi connectivity index (χ1v) is 6.18. The van der Waals surface area contributed by atoms with Crippen molar-refractivity contribution in [3.63, 3.8) is 0 Å². The Kier molecular flexibility index (Phi) is 4.99. The van der Waals surface area contributed by atoms with Crippen LogP contribution >= 0.6 is 0 Å². The highest BCUT2D eigenvalue weighted by atomic mass is 19.3. The van der Waals surface area contributed by atoms with Gasteiger partial charge in [-0.2, -0.15) is 8.78 Å². The van der Waals surface area contributed by atoms with Gasteiger partial charge in [-0.3, -0.25) is 14.4 Å². The van der Waals surface area contributed by atoms with E-state index in [1.54, 1.807) is 0 Å². The zero-order valence-electron chi connectivity index (χ0n) is 10.9. The summed E-state index contributed by atoms with van der Waals surface area (Å²) in [6.07, 6.45) is 1.85. The summed E-state index contributed by atoms with van der Waals surface area (Å²) < 4.78 is 27.9.